The highest BCUT2D eigenvalue weighted by Crippen LogP contribution is 2.20. The number of benzene rings is 1. The van der Waals surface area contributed by atoms with E-state index < -0.39 is 0 Å². The Morgan fingerprint density at radius 1 is 1.38 bits per heavy atom. The molecule has 0 aliphatic rings. The number of aliphatic hydroxyl groups is 1. The number of halogens is 1. The standard InChI is InChI=1S/C14H17ClN4O2/c1-9(2)13(6-20)18-14(21)11-5-10(3-4-12(11)15)19-7-16-17-8-19/h3-5,7-9,13,20H,6H2,1-2H3,(H,18,21)/t13-/m0/s1. The Morgan fingerprint density at radius 3 is 2.62 bits per heavy atom. The second kappa shape index (κ2) is 6.69. The van der Waals surface area contributed by atoms with Crippen LogP contribution >= 0.6 is 11.6 Å². The fraction of sp³-hybridized carbons (Fsp3) is 0.357. The summed E-state index contributed by atoms with van der Waals surface area (Å²) in [6.07, 6.45) is 3.07. The molecule has 0 saturated heterocycles. The summed E-state index contributed by atoms with van der Waals surface area (Å²) in [6.45, 7) is 3.73. The number of aliphatic hydroxyl groups excluding tert-OH is 1. The lowest BCUT2D eigenvalue weighted by atomic mass is 10.0. The molecule has 0 radical (unpaired) electrons. The fourth-order valence-electron chi connectivity index (χ4n) is 1.85. The van der Waals surface area contributed by atoms with Gasteiger partial charge in [0.05, 0.1) is 23.2 Å². The van der Waals surface area contributed by atoms with Gasteiger partial charge in [0.25, 0.3) is 5.91 Å². The van der Waals surface area contributed by atoms with Crippen LogP contribution in [-0.4, -0.2) is 38.4 Å². The average Bonchev–Trinajstić information content (AvgIpc) is 2.98. The maximum absolute atomic E-state index is 12.3. The fourth-order valence-corrected chi connectivity index (χ4v) is 2.05. The van der Waals surface area contributed by atoms with Gasteiger partial charge in [-0.05, 0) is 24.1 Å². The summed E-state index contributed by atoms with van der Waals surface area (Å²) in [4.78, 5) is 12.3. The van der Waals surface area contributed by atoms with E-state index in [1.807, 2.05) is 13.8 Å². The summed E-state index contributed by atoms with van der Waals surface area (Å²) in [5.74, 6) is -0.193. The summed E-state index contributed by atoms with van der Waals surface area (Å²) in [5, 5.41) is 19.9. The molecule has 1 amide bonds. The van der Waals surface area contributed by atoms with Crippen LogP contribution in [0.4, 0.5) is 0 Å². The van der Waals surface area contributed by atoms with Gasteiger partial charge in [0, 0.05) is 5.69 Å². The molecule has 21 heavy (non-hydrogen) atoms. The molecule has 2 rings (SSSR count). The Hall–Kier alpha value is -1.92. The summed E-state index contributed by atoms with van der Waals surface area (Å²) in [5.41, 5.74) is 1.08. The first-order chi connectivity index (χ1) is 10.0. The molecule has 2 N–H and O–H groups in total. The Bertz CT molecular complexity index is 613. The normalized spacial score (nSPS) is 12.4. The Kier molecular flexibility index (Phi) is 4.93. The topological polar surface area (TPSA) is 80.0 Å². The van der Waals surface area contributed by atoms with Crippen LogP contribution in [-0.2, 0) is 0 Å². The summed E-state index contributed by atoms with van der Waals surface area (Å²) in [6, 6.07) is 4.77. The van der Waals surface area contributed by atoms with Crippen LogP contribution in [0.2, 0.25) is 5.02 Å². The molecule has 0 saturated carbocycles. The van der Waals surface area contributed by atoms with Gasteiger partial charge in [0.2, 0.25) is 0 Å². The van der Waals surface area contributed by atoms with E-state index in [4.69, 9.17) is 11.6 Å². The number of carbonyl (C=O) groups excluding carboxylic acids is 1. The smallest absolute Gasteiger partial charge is 0.253 e. The van der Waals surface area contributed by atoms with Crippen molar-refractivity contribution in [3.63, 3.8) is 0 Å². The largest absolute Gasteiger partial charge is 0.394 e. The van der Waals surface area contributed by atoms with Gasteiger partial charge in [0.15, 0.2) is 0 Å². The van der Waals surface area contributed by atoms with Crippen LogP contribution in [0, 0.1) is 5.92 Å². The van der Waals surface area contributed by atoms with Crippen molar-refractivity contribution < 1.29 is 9.90 Å². The second-order valence-electron chi connectivity index (χ2n) is 5.04. The minimum absolute atomic E-state index is 0.119. The summed E-state index contributed by atoms with van der Waals surface area (Å²) < 4.78 is 1.68. The Balaban J connectivity index is 2.26. The van der Waals surface area contributed by atoms with Crippen LogP contribution in [0.3, 0.4) is 0 Å². The molecule has 1 atom stereocenters. The molecular weight excluding hydrogens is 292 g/mol. The first-order valence-electron chi connectivity index (χ1n) is 6.59. The van der Waals surface area contributed by atoms with Crippen molar-refractivity contribution in [1.29, 1.82) is 0 Å². The number of nitrogens with zero attached hydrogens (tertiary/aromatic N) is 3. The first-order valence-corrected chi connectivity index (χ1v) is 6.97. The lowest BCUT2D eigenvalue weighted by Crippen LogP contribution is -2.41. The van der Waals surface area contributed by atoms with E-state index in [1.54, 1.807) is 22.8 Å². The Labute approximate surface area is 127 Å². The molecule has 0 spiro atoms. The third-order valence-corrected chi connectivity index (χ3v) is 3.56. The monoisotopic (exact) mass is 308 g/mol. The highest BCUT2D eigenvalue weighted by atomic mass is 35.5. The maximum Gasteiger partial charge on any atom is 0.253 e. The lowest BCUT2D eigenvalue weighted by Gasteiger charge is -2.20. The molecule has 1 aromatic heterocycles. The minimum atomic E-state index is -0.317. The van der Waals surface area contributed by atoms with Gasteiger partial charge in [-0.3, -0.25) is 9.36 Å². The molecule has 0 aliphatic carbocycles. The molecule has 1 aromatic carbocycles. The van der Waals surface area contributed by atoms with Crippen molar-refractivity contribution in [3.05, 3.63) is 41.4 Å². The minimum Gasteiger partial charge on any atom is -0.394 e. The van der Waals surface area contributed by atoms with Crippen LogP contribution < -0.4 is 5.32 Å². The molecule has 112 valence electrons. The van der Waals surface area contributed by atoms with E-state index in [1.165, 1.54) is 12.7 Å². The highest BCUT2D eigenvalue weighted by Gasteiger charge is 2.18. The second-order valence-corrected chi connectivity index (χ2v) is 5.45. The Morgan fingerprint density at radius 2 is 2.05 bits per heavy atom. The summed E-state index contributed by atoms with van der Waals surface area (Å²) >= 11 is 6.09. The molecular formula is C14H17ClN4O2. The van der Waals surface area contributed by atoms with Crippen molar-refractivity contribution in [1.82, 2.24) is 20.1 Å². The summed E-state index contributed by atoms with van der Waals surface area (Å²) in [7, 11) is 0. The highest BCUT2D eigenvalue weighted by molar-refractivity contribution is 6.33. The third kappa shape index (κ3) is 3.59. The number of amides is 1. The molecule has 0 fully saturated rings. The molecule has 7 heteroatoms. The molecule has 0 aliphatic heterocycles. The van der Waals surface area contributed by atoms with Crippen molar-refractivity contribution >= 4 is 17.5 Å². The molecule has 0 unspecified atom stereocenters. The number of hydrogen-bond donors (Lipinski definition) is 2. The number of rotatable bonds is 5. The van der Waals surface area contributed by atoms with Crippen molar-refractivity contribution in [2.24, 2.45) is 5.92 Å². The zero-order valence-electron chi connectivity index (χ0n) is 11.8. The third-order valence-electron chi connectivity index (χ3n) is 3.23. The van der Waals surface area contributed by atoms with Crippen molar-refractivity contribution in [2.75, 3.05) is 6.61 Å². The zero-order valence-corrected chi connectivity index (χ0v) is 12.6. The quantitative estimate of drug-likeness (QED) is 0.880. The SMILES string of the molecule is CC(C)[C@H](CO)NC(=O)c1cc(-n2cnnc2)ccc1Cl. The van der Waals surface area contributed by atoms with Gasteiger partial charge in [0.1, 0.15) is 12.7 Å². The predicted octanol–water partition coefficient (Wildman–Crippen LogP) is 1.67. The van der Waals surface area contributed by atoms with Crippen molar-refractivity contribution in [2.45, 2.75) is 19.9 Å². The number of hydrogen-bond acceptors (Lipinski definition) is 4. The lowest BCUT2D eigenvalue weighted by molar-refractivity contribution is 0.0897. The van der Waals surface area contributed by atoms with E-state index in [9.17, 15) is 9.90 Å². The van der Waals surface area contributed by atoms with E-state index in [2.05, 4.69) is 15.5 Å². The molecule has 0 bridgehead atoms. The van der Waals surface area contributed by atoms with Gasteiger partial charge >= 0.3 is 0 Å². The van der Waals surface area contributed by atoms with Gasteiger partial charge in [-0.2, -0.15) is 0 Å². The van der Waals surface area contributed by atoms with Crippen molar-refractivity contribution in [3.8, 4) is 5.69 Å². The molecule has 2 aromatic rings. The van der Waals surface area contributed by atoms with Gasteiger partial charge in [-0.15, -0.1) is 10.2 Å². The maximum atomic E-state index is 12.3. The zero-order chi connectivity index (χ0) is 15.4. The molecule has 1 heterocycles. The van der Waals surface area contributed by atoms with Gasteiger partial charge < -0.3 is 10.4 Å². The van der Waals surface area contributed by atoms with Gasteiger partial charge in [-0.25, -0.2) is 0 Å². The predicted molar refractivity (Wildman–Crippen MR) is 79.5 cm³/mol. The first kappa shape index (κ1) is 15.5. The van der Waals surface area contributed by atoms with E-state index in [-0.39, 0.29) is 24.5 Å². The van der Waals surface area contributed by atoms with Crippen LogP contribution in [0.15, 0.2) is 30.9 Å². The van der Waals surface area contributed by atoms with E-state index in [0.717, 1.165) is 5.69 Å². The number of nitrogens with one attached hydrogen (secondary N) is 1. The van der Waals surface area contributed by atoms with E-state index >= 15 is 0 Å². The van der Waals surface area contributed by atoms with Crippen LogP contribution in [0.1, 0.15) is 24.2 Å². The average molecular weight is 309 g/mol. The van der Waals surface area contributed by atoms with Gasteiger partial charge in [-0.1, -0.05) is 25.4 Å². The van der Waals surface area contributed by atoms with E-state index in [0.29, 0.717) is 10.6 Å². The molecule has 6 nitrogen and oxygen atoms in total. The van der Waals surface area contributed by atoms with Crippen LogP contribution in [0.25, 0.3) is 5.69 Å². The number of carbonyl (C=O) groups is 1. The number of aromatic nitrogens is 3. The van der Waals surface area contributed by atoms with Crippen LogP contribution in [0.5, 0.6) is 0 Å².